The molecule has 4 rings (SSSR count). The highest BCUT2D eigenvalue weighted by Gasteiger charge is 2.11. The first-order valence-corrected chi connectivity index (χ1v) is 8.00. The summed E-state index contributed by atoms with van der Waals surface area (Å²) in [6.45, 7) is 0.452. The Hall–Kier alpha value is -3.47. The normalized spacial score (nSPS) is 10.7. The predicted octanol–water partition coefficient (Wildman–Crippen LogP) is 3.35. The van der Waals surface area contributed by atoms with Crippen LogP contribution >= 0.6 is 0 Å². The molecular formula is C20H16N4O. The molecule has 0 saturated carbocycles. The van der Waals surface area contributed by atoms with Crippen LogP contribution in [-0.2, 0) is 6.54 Å². The van der Waals surface area contributed by atoms with Crippen LogP contribution < -0.4 is 5.32 Å². The van der Waals surface area contributed by atoms with Crippen LogP contribution in [0.4, 0.5) is 0 Å². The zero-order valence-corrected chi connectivity index (χ0v) is 13.5. The van der Waals surface area contributed by atoms with Gasteiger partial charge in [0, 0.05) is 36.2 Å². The van der Waals surface area contributed by atoms with E-state index >= 15 is 0 Å². The van der Waals surface area contributed by atoms with Crippen molar-refractivity contribution in [2.75, 3.05) is 0 Å². The van der Waals surface area contributed by atoms with Crippen LogP contribution in [0.3, 0.4) is 0 Å². The SMILES string of the molecule is O=C(NCc1ccc(-n2ccnc2)cc1)c1nccc2ccccc12. The fourth-order valence-electron chi connectivity index (χ4n) is 2.76. The number of hydrogen-bond donors (Lipinski definition) is 1. The number of pyridine rings is 1. The molecule has 1 amide bonds. The number of nitrogens with zero attached hydrogens (tertiary/aromatic N) is 3. The highest BCUT2D eigenvalue weighted by Crippen LogP contribution is 2.16. The van der Waals surface area contributed by atoms with Gasteiger partial charge in [0.15, 0.2) is 0 Å². The molecule has 0 spiro atoms. The van der Waals surface area contributed by atoms with Crippen molar-refractivity contribution in [3.05, 3.63) is 90.8 Å². The molecule has 0 radical (unpaired) electrons. The van der Waals surface area contributed by atoms with Gasteiger partial charge in [0.05, 0.1) is 6.33 Å². The maximum absolute atomic E-state index is 12.5. The van der Waals surface area contributed by atoms with E-state index in [4.69, 9.17) is 0 Å². The lowest BCUT2D eigenvalue weighted by atomic mass is 10.1. The average Bonchev–Trinajstić information content (AvgIpc) is 3.21. The third-order valence-electron chi connectivity index (χ3n) is 4.08. The van der Waals surface area contributed by atoms with Crippen LogP contribution in [-0.4, -0.2) is 20.4 Å². The Bertz CT molecular complexity index is 1000. The maximum Gasteiger partial charge on any atom is 0.270 e. The number of amides is 1. The molecule has 5 heteroatoms. The number of fused-ring (bicyclic) bond motifs is 1. The zero-order chi connectivity index (χ0) is 17.1. The fourth-order valence-corrected chi connectivity index (χ4v) is 2.76. The Kier molecular flexibility index (Phi) is 3.96. The second-order valence-corrected chi connectivity index (χ2v) is 5.70. The number of imidazole rings is 1. The second-order valence-electron chi connectivity index (χ2n) is 5.70. The molecule has 122 valence electrons. The molecule has 0 bridgehead atoms. The van der Waals surface area contributed by atoms with Crippen molar-refractivity contribution in [3.63, 3.8) is 0 Å². The number of benzene rings is 2. The Morgan fingerprint density at radius 3 is 2.64 bits per heavy atom. The van der Waals surface area contributed by atoms with Gasteiger partial charge in [-0.3, -0.25) is 9.78 Å². The van der Waals surface area contributed by atoms with Gasteiger partial charge in [0.2, 0.25) is 0 Å². The molecule has 0 fully saturated rings. The highest BCUT2D eigenvalue weighted by atomic mass is 16.1. The maximum atomic E-state index is 12.5. The van der Waals surface area contributed by atoms with Crippen molar-refractivity contribution in [2.24, 2.45) is 0 Å². The van der Waals surface area contributed by atoms with Crippen molar-refractivity contribution >= 4 is 16.7 Å². The minimum Gasteiger partial charge on any atom is -0.347 e. The fraction of sp³-hybridized carbons (Fsp3) is 0.0500. The van der Waals surface area contributed by atoms with Crippen LogP contribution in [0.5, 0.6) is 0 Å². The lowest BCUT2D eigenvalue weighted by molar-refractivity contribution is 0.0948. The number of carbonyl (C=O) groups is 1. The van der Waals surface area contributed by atoms with Crippen molar-refractivity contribution in [1.82, 2.24) is 19.9 Å². The number of rotatable bonds is 4. The third kappa shape index (κ3) is 3.12. The summed E-state index contributed by atoms with van der Waals surface area (Å²) in [5.74, 6) is -0.171. The molecular weight excluding hydrogens is 312 g/mol. The van der Waals surface area contributed by atoms with Gasteiger partial charge in [0.25, 0.3) is 5.91 Å². The third-order valence-corrected chi connectivity index (χ3v) is 4.08. The Morgan fingerprint density at radius 1 is 1.00 bits per heavy atom. The van der Waals surface area contributed by atoms with Gasteiger partial charge < -0.3 is 9.88 Å². The number of carbonyl (C=O) groups excluding carboxylic acids is 1. The second kappa shape index (κ2) is 6.57. The van der Waals surface area contributed by atoms with Crippen molar-refractivity contribution < 1.29 is 4.79 Å². The summed E-state index contributed by atoms with van der Waals surface area (Å²) in [5.41, 5.74) is 2.51. The van der Waals surface area contributed by atoms with Crippen LogP contribution in [0, 0.1) is 0 Å². The summed E-state index contributed by atoms with van der Waals surface area (Å²) in [6.07, 6.45) is 7.05. The zero-order valence-electron chi connectivity index (χ0n) is 13.5. The van der Waals surface area contributed by atoms with Crippen molar-refractivity contribution in [3.8, 4) is 5.69 Å². The summed E-state index contributed by atoms with van der Waals surface area (Å²) >= 11 is 0. The van der Waals surface area contributed by atoms with Gasteiger partial charge in [-0.15, -0.1) is 0 Å². The quantitative estimate of drug-likeness (QED) is 0.625. The van der Waals surface area contributed by atoms with E-state index in [0.29, 0.717) is 12.2 Å². The summed E-state index contributed by atoms with van der Waals surface area (Å²) in [4.78, 5) is 20.8. The molecule has 0 atom stereocenters. The van der Waals surface area contributed by atoms with Gasteiger partial charge in [-0.2, -0.15) is 0 Å². The van der Waals surface area contributed by atoms with E-state index in [0.717, 1.165) is 22.0 Å². The van der Waals surface area contributed by atoms with Crippen molar-refractivity contribution in [1.29, 1.82) is 0 Å². The molecule has 0 saturated heterocycles. The molecule has 0 aliphatic carbocycles. The summed E-state index contributed by atoms with van der Waals surface area (Å²) in [5, 5.41) is 4.81. The molecule has 2 heterocycles. The van der Waals surface area contributed by atoms with Gasteiger partial charge in [0.1, 0.15) is 5.69 Å². The van der Waals surface area contributed by atoms with E-state index in [1.807, 2.05) is 65.4 Å². The van der Waals surface area contributed by atoms with Gasteiger partial charge >= 0.3 is 0 Å². The minimum atomic E-state index is -0.171. The first kappa shape index (κ1) is 15.1. The summed E-state index contributed by atoms with van der Waals surface area (Å²) in [7, 11) is 0. The van der Waals surface area contributed by atoms with Gasteiger partial charge in [-0.05, 0) is 29.1 Å². The Morgan fingerprint density at radius 2 is 1.84 bits per heavy atom. The van der Waals surface area contributed by atoms with Gasteiger partial charge in [-0.25, -0.2) is 4.98 Å². The molecule has 2 aromatic carbocycles. The minimum absolute atomic E-state index is 0.171. The molecule has 0 aliphatic rings. The lowest BCUT2D eigenvalue weighted by Gasteiger charge is -2.08. The van der Waals surface area contributed by atoms with Crippen molar-refractivity contribution in [2.45, 2.75) is 6.54 Å². The molecule has 2 aromatic heterocycles. The molecule has 0 aliphatic heterocycles. The average molecular weight is 328 g/mol. The Balaban J connectivity index is 1.48. The van der Waals surface area contributed by atoms with E-state index in [2.05, 4.69) is 15.3 Å². The number of hydrogen-bond acceptors (Lipinski definition) is 3. The summed E-state index contributed by atoms with van der Waals surface area (Å²) < 4.78 is 1.93. The first-order valence-electron chi connectivity index (χ1n) is 8.00. The molecule has 5 nitrogen and oxygen atoms in total. The van der Waals surface area contributed by atoms with E-state index in [-0.39, 0.29) is 5.91 Å². The first-order chi connectivity index (χ1) is 12.3. The lowest BCUT2D eigenvalue weighted by Crippen LogP contribution is -2.24. The molecule has 0 unspecified atom stereocenters. The molecule has 1 N–H and O–H groups in total. The largest absolute Gasteiger partial charge is 0.347 e. The summed E-state index contributed by atoms with van der Waals surface area (Å²) in [6, 6.07) is 17.6. The van der Waals surface area contributed by atoms with E-state index in [1.165, 1.54) is 0 Å². The van der Waals surface area contributed by atoms with Crippen LogP contribution in [0.15, 0.2) is 79.5 Å². The predicted molar refractivity (Wildman–Crippen MR) is 96.5 cm³/mol. The molecule has 4 aromatic rings. The van der Waals surface area contributed by atoms with Crippen LogP contribution in [0.25, 0.3) is 16.5 Å². The number of nitrogens with one attached hydrogen (secondary N) is 1. The van der Waals surface area contributed by atoms with E-state index in [9.17, 15) is 4.79 Å². The van der Waals surface area contributed by atoms with Crippen LogP contribution in [0.1, 0.15) is 16.1 Å². The van der Waals surface area contributed by atoms with Gasteiger partial charge in [-0.1, -0.05) is 36.4 Å². The standard InChI is InChI=1S/C20H16N4O/c25-20(19-18-4-2-1-3-16(18)9-10-22-19)23-13-15-5-7-17(8-6-15)24-12-11-21-14-24/h1-12,14H,13H2,(H,23,25). The monoisotopic (exact) mass is 328 g/mol. The topological polar surface area (TPSA) is 59.8 Å². The smallest absolute Gasteiger partial charge is 0.270 e. The Labute approximate surface area is 145 Å². The van der Waals surface area contributed by atoms with Crippen LogP contribution in [0.2, 0.25) is 0 Å². The van der Waals surface area contributed by atoms with E-state index in [1.54, 1.807) is 18.7 Å². The number of aromatic nitrogens is 3. The van der Waals surface area contributed by atoms with E-state index < -0.39 is 0 Å². The highest BCUT2D eigenvalue weighted by molar-refractivity contribution is 6.05. The molecule has 25 heavy (non-hydrogen) atoms.